The lowest BCUT2D eigenvalue weighted by Crippen LogP contribution is -2.17. The molecule has 4 rings (SSSR count). The number of benzene rings is 2. The van der Waals surface area contributed by atoms with Crippen LogP contribution >= 0.6 is 0 Å². The van der Waals surface area contributed by atoms with Crippen molar-refractivity contribution >= 4 is 28.5 Å². The second-order valence-corrected chi connectivity index (χ2v) is 6.06. The Labute approximate surface area is 140 Å². The van der Waals surface area contributed by atoms with Crippen LogP contribution in [0.3, 0.4) is 0 Å². The summed E-state index contributed by atoms with van der Waals surface area (Å²) in [4.78, 5) is 14.4. The Morgan fingerprint density at radius 2 is 1.83 bits per heavy atom. The number of rotatable bonds is 3. The molecule has 0 saturated carbocycles. The van der Waals surface area contributed by atoms with Gasteiger partial charge < -0.3 is 15.5 Å². The smallest absolute Gasteiger partial charge is 0.257 e. The zero-order valence-electron chi connectivity index (χ0n) is 13.2. The van der Waals surface area contributed by atoms with Gasteiger partial charge in [-0.05, 0) is 49.2 Å². The molecule has 0 atom stereocenters. The zero-order valence-corrected chi connectivity index (χ0v) is 13.2. The minimum atomic E-state index is -0.400. The number of halogens is 1. The molecule has 0 aromatic heterocycles. The van der Waals surface area contributed by atoms with E-state index in [0.29, 0.717) is 16.8 Å². The summed E-state index contributed by atoms with van der Waals surface area (Å²) in [5.41, 5.74) is 3.22. The van der Waals surface area contributed by atoms with Crippen molar-refractivity contribution in [2.75, 3.05) is 28.6 Å². The third-order valence-electron chi connectivity index (χ3n) is 4.50. The molecule has 1 saturated heterocycles. The zero-order chi connectivity index (χ0) is 16.5. The van der Waals surface area contributed by atoms with Crippen LogP contribution < -0.4 is 15.5 Å². The van der Waals surface area contributed by atoms with E-state index >= 15 is 0 Å². The van der Waals surface area contributed by atoms with E-state index in [9.17, 15) is 9.18 Å². The van der Waals surface area contributed by atoms with Crippen LogP contribution in [0.5, 0.6) is 0 Å². The topological polar surface area (TPSA) is 44.4 Å². The average Bonchev–Trinajstić information content (AvgIpc) is 3.22. The first-order valence-corrected chi connectivity index (χ1v) is 8.14. The molecule has 2 aromatic carbocycles. The summed E-state index contributed by atoms with van der Waals surface area (Å²) in [7, 11) is 0. The van der Waals surface area contributed by atoms with Crippen molar-refractivity contribution in [1.82, 2.24) is 0 Å². The number of anilines is 3. The molecule has 2 aromatic rings. The highest BCUT2D eigenvalue weighted by Crippen LogP contribution is 2.33. The standard InChI is InChI=1S/C19H18FN3O/c20-16-4-3-5-17-18(16)15(19(24)22-17)12-21-13-6-8-14(9-7-13)23-10-1-2-11-23/h3-9,12,21H,1-2,10-11H2,(H,22,24). The van der Waals surface area contributed by atoms with Gasteiger partial charge in [-0.3, -0.25) is 4.79 Å². The van der Waals surface area contributed by atoms with Gasteiger partial charge in [-0.1, -0.05) is 6.07 Å². The third-order valence-corrected chi connectivity index (χ3v) is 4.50. The van der Waals surface area contributed by atoms with Crippen molar-refractivity contribution in [2.24, 2.45) is 0 Å². The van der Waals surface area contributed by atoms with Crippen LogP contribution in [0.4, 0.5) is 21.5 Å². The predicted molar refractivity (Wildman–Crippen MR) is 94.5 cm³/mol. The fraction of sp³-hybridized carbons (Fsp3) is 0.211. The maximum absolute atomic E-state index is 14.0. The highest BCUT2D eigenvalue weighted by molar-refractivity contribution is 6.31. The summed E-state index contributed by atoms with van der Waals surface area (Å²) in [6.45, 7) is 2.21. The summed E-state index contributed by atoms with van der Waals surface area (Å²) < 4.78 is 14.0. The molecular weight excluding hydrogens is 305 g/mol. The Hall–Kier alpha value is -2.82. The van der Waals surface area contributed by atoms with Gasteiger partial charge in [0.2, 0.25) is 0 Å². The maximum atomic E-state index is 14.0. The first kappa shape index (κ1) is 14.8. The predicted octanol–water partition coefficient (Wildman–Crippen LogP) is 3.83. The largest absolute Gasteiger partial charge is 0.372 e. The maximum Gasteiger partial charge on any atom is 0.257 e. The van der Waals surface area contributed by atoms with Crippen LogP contribution in [0.25, 0.3) is 5.57 Å². The minimum Gasteiger partial charge on any atom is -0.372 e. The van der Waals surface area contributed by atoms with E-state index < -0.39 is 5.82 Å². The fourth-order valence-corrected chi connectivity index (χ4v) is 3.24. The second kappa shape index (κ2) is 6.00. The monoisotopic (exact) mass is 323 g/mol. The third kappa shape index (κ3) is 2.62. The van der Waals surface area contributed by atoms with Crippen LogP contribution in [0, 0.1) is 5.82 Å². The van der Waals surface area contributed by atoms with Gasteiger partial charge in [-0.25, -0.2) is 4.39 Å². The quantitative estimate of drug-likeness (QED) is 0.844. The van der Waals surface area contributed by atoms with E-state index in [4.69, 9.17) is 0 Å². The van der Waals surface area contributed by atoms with E-state index in [2.05, 4.69) is 27.7 Å². The molecule has 5 heteroatoms. The van der Waals surface area contributed by atoms with Gasteiger partial charge in [0.15, 0.2) is 0 Å². The number of nitrogens with zero attached hydrogens (tertiary/aromatic N) is 1. The van der Waals surface area contributed by atoms with E-state index in [1.54, 1.807) is 18.3 Å². The first-order chi connectivity index (χ1) is 11.7. The highest BCUT2D eigenvalue weighted by atomic mass is 19.1. The van der Waals surface area contributed by atoms with Gasteiger partial charge in [-0.15, -0.1) is 0 Å². The molecule has 2 heterocycles. The Morgan fingerprint density at radius 3 is 2.58 bits per heavy atom. The molecule has 24 heavy (non-hydrogen) atoms. The molecule has 1 fully saturated rings. The number of amides is 1. The van der Waals surface area contributed by atoms with Gasteiger partial charge in [0, 0.05) is 36.2 Å². The molecule has 0 aliphatic carbocycles. The molecule has 2 aliphatic heterocycles. The molecule has 0 unspecified atom stereocenters. The van der Waals surface area contributed by atoms with E-state index in [1.807, 2.05) is 12.1 Å². The fourth-order valence-electron chi connectivity index (χ4n) is 3.24. The number of carbonyl (C=O) groups excluding carboxylic acids is 1. The summed E-state index contributed by atoms with van der Waals surface area (Å²) in [6.07, 6.45) is 4.05. The molecule has 4 nitrogen and oxygen atoms in total. The average molecular weight is 323 g/mol. The van der Waals surface area contributed by atoms with Crippen LogP contribution in [0.1, 0.15) is 18.4 Å². The molecule has 0 bridgehead atoms. The van der Waals surface area contributed by atoms with Crippen molar-refractivity contribution in [3.63, 3.8) is 0 Å². The van der Waals surface area contributed by atoms with Crippen LogP contribution in [-0.2, 0) is 4.79 Å². The summed E-state index contributed by atoms with van der Waals surface area (Å²) in [6, 6.07) is 12.7. The summed E-state index contributed by atoms with van der Waals surface area (Å²) >= 11 is 0. The van der Waals surface area contributed by atoms with Crippen LogP contribution in [0.15, 0.2) is 48.7 Å². The van der Waals surface area contributed by atoms with Crippen molar-refractivity contribution in [3.8, 4) is 0 Å². The van der Waals surface area contributed by atoms with Gasteiger partial charge in [0.1, 0.15) is 5.82 Å². The van der Waals surface area contributed by atoms with E-state index in [1.165, 1.54) is 24.6 Å². The molecule has 2 aliphatic rings. The molecule has 0 radical (unpaired) electrons. The molecule has 122 valence electrons. The van der Waals surface area contributed by atoms with Gasteiger partial charge >= 0.3 is 0 Å². The van der Waals surface area contributed by atoms with Gasteiger partial charge in [0.25, 0.3) is 5.91 Å². The van der Waals surface area contributed by atoms with Crippen molar-refractivity contribution < 1.29 is 9.18 Å². The Kier molecular flexibility index (Phi) is 3.69. The van der Waals surface area contributed by atoms with Crippen LogP contribution in [0.2, 0.25) is 0 Å². The lowest BCUT2D eigenvalue weighted by Gasteiger charge is -2.17. The highest BCUT2D eigenvalue weighted by Gasteiger charge is 2.27. The van der Waals surface area contributed by atoms with Crippen molar-refractivity contribution in [2.45, 2.75) is 12.8 Å². The van der Waals surface area contributed by atoms with Crippen LogP contribution in [-0.4, -0.2) is 19.0 Å². The SMILES string of the molecule is O=C1Nc2cccc(F)c2C1=CNc1ccc(N2CCCC2)cc1. The Balaban J connectivity index is 1.54. The van der Waals surface area contributed by atoms with E-state index in [-0.39, 0.29) is 5.91 Å². The number of carbonyl (C=O) groups is 1. The number of fused-ring (bicyclic) bond motifs is 1. The van der Waals surface area contributed by atoms with Crippen molar-refractivity contribution in [3.05, 3.63) is 60.0 Å². The number of hydrogen-bond donors (Lipinski definition) is 2. The van der Waals surface area contributed by atoms with E-state index in [0.717, 1.165) is 18.8 Å². The normalized spacial score (nSPS) is 18.0. The molecule has 0 spiro atoms. The summed E-state index contributed by atoms with van der Waals surface area (Å²) in [5.74, 6) is -0.695. The Morgan fingerprint density at radius 1 is 1.08 bits per heavy atom. The first-order valence-electron chi connectivity index (χ1n) is 8.14. The number of nitrogens with one attached hydrogen (secondary N) is 2. The lowest BCUT2D eigenvalue weighted by molar-refractivity contribution is -0.110. The van der Waals surface area contributed by atoms with Gasteiger partial charge in [-0.2, -0.15) is 0 Å². The molecular formula is C19H18FN3O. The minimum absolute atomic E-state index is 0.295. The lowest BCUT2D eigenvalue weighted by atomic mass is 10.1. The Bertz CT molecular complexity index is 808. The molecule has 2 N–H and O–H groups in total. The van der Waals surface area contributed by atoms with Gasteiger partial charge in [0.05, 0.1) is 11.3 Å². The second-order valence-electron chi connectivity index (χ2n) is 6.06. The summed E-state index contributed by atoms with van der Waals surface area (Å²) in [5, 5.41) is 5.77. The number of hydrogen-bond acceptors (Lipinski definition) is 3. The van der Waals surface area contributed by atoms with Crippen molar-refractivity contribution in [1.29, 1.82) is 0 Å². The molecule has 1 amide bonds.